The summed E-state index contributed by atoms with van der Waals surface area (Å²) in [5.74, 6) is 2.65. The quantitative estimate of drug-likeness (QED) is 0.664. The van der Waals surface area contributed by atoms with E-state index in [-0.39, 0.29) is 12.8 Å². The third-order valence-corrected chi connectivity index (χ3v) is 4.80. The topological polar surface area (TPSA) is 34.1 Å². The van der Waals surface area contributed by atoms with Gasteiger partial charge in [0.1, 0.15) is 5.84 Å². The van der Waals surface area contributed by atoms with Crippen molar-refractivity contribution in [3.8, 4) is 11.5 Å². The Morgan fingerprint density at radius 1 is 0.808 bits per heavy atom. The fourth-order valence-corrected chi connectivity index (χ4v) is 3.49. The summed E-state index contributed by atoms with van der Waals surface area (Å²) in [6, 6.07) is 27.0. The minimum atomic E-state index is 0.277. The Morgan fingerprint density at radius 3 is 2.35 bits per heavy atom. The summed E-state index contributed by atoms with van der Waals surface area (Å²) < 4.78 is 11.0. The van der Waals surface area contributed by atoms with Crippen LogP contribution in [0.4, 0.5) is 11.4 Å². The molecule has 1 saturated heterocycles. The van der Waals surface area contributed by atoms with E-state index in [9.17, 15) is 0 Å². The lowest BCUT2D eigenvalue weighted by Gasteiger charge is -2.44. The van der Waals surface area contributed by atoms with Gasteiger partial charge in [-0.25, -0.2) is 4.99 Å². The zero-order valence-electron chi connectivity index (χ0n) is 14.2. The van der Waals surface area contributed by atoms with Gasteiger partial charge in [0, 0.05) is 18.2 Å². The second-order valence-electron chi connectivity index (χ2n) is 6.40. The van der Waals surface area contributed by atoms with Gasteiger partial charge in [-0.15, -0.1) is 0 Å². The molecule has 2 aliphatic rings. The van der Waals surface area contributed by atoms with Crippen molar-refractivity contribution in [1.82, 2.24) is 0 Å². The van der Waals surface area contributed by atoms with Gasteiger partial charge in [0.05, 0.1) is 11.7 Å². The molecule has 3 aromatic carbocycles. The van der Waals surface area contributed by atoms with Crippen LogP contribution < -0.4 is 14.4 Å². The van der Waals surface area contributed by atoms with Gasteiger partial charge in [-0.3, -0.25) is 0 Å². The van der Waals surface area contributed by atoms with Crippen LogP contribution in [-0.2, 0) is 0 Å². The van der Waals surface area contributed by atoms with Gasteiger partial charge < -0.3 is 14.4 Å². The fraction of sp³-hybridized carbons (Fsp3) is 0.136. The Bertz CT molecular complexity index is 954. The Morgan fingerprint density at radius 2 is 1.54 bits per heavy atom. The molecule has 4 nitrogen and oxygen atoms in total. The molecule has 0 saturated carbocycles. The largest absolute Gasteiger partial charge is 0.454 e. The van der Waals surface area contributed by atoms with Crippen LogP contribution in [0.15, 0.2) is 83.9 Å². The smallest absolute Gasteiger partial charge is 0.231 e. The van der Waals surface area contributed by atoms with Gasteiger partial charge in [-0.05, 0) is 29.8 Å². The Labute approximate surface area is 152 Å². The van der Waals surface area contributed by atoms with Crippen LogP contribution in [-0.4, -0.2) is 12.6 Å². The first-order valence-corrected chi connectivity index (χ1v) is 8.75. The highest BCUT2D eigenvalue weighted by molar-refractivity contribution is 6.06. The van der Waals surface area contributed by atoms with Gasteiger partial charge in [-0.1, -0.05) is 48.5 Å². The monoisotopic (exact) mass is 342 g/mol. The maximum Gasteiger partial charge on any atom is 0.231 e. The van der Waals surface area contributed by atoms with Crippen molar-refractivity contribution in [2.24, 2.45) is 4.99 Å². The molecule has 3 aromatic rings. The number of nitrogens with zero attached hydrogens (tertiary/aromatic N) is 2. The van der Waals surface area contributed by atoms with E-state index in [1.54, 1.807) is 0 Å². The number of aliphatic imine (C=N–C) groups is 1. The summed E-state index contributed by atoms with van der Waals surface area (Å²) in [6.07, 6.45) is 0.910. The summed E-state index contributed by atoms with van der Waals surface area (Å²) in [6.45, 7) is 0.284. The van der Waals surface area contributed by atoms with E-state index >= 15 is 0 Å². The van der Waals surface area contributed by atoms with Crippen molar-refractivity contribution < 1.29 is 9.47 Å². The molecule has 0 spiro atoms. The molecule has 2 heterocycles. The molecule has 0 radical (unpaired) electrons. The first-order chi connectivity index (χ1) is 12.9. The van der Waals surface area contributed by atoms with Crippen molar-refractivity contribution in [3.63, 3.8) is 0 Å². The number of amidine groups is 1. The molecule has 128 valence electrons. The van der Waals surface area contributed by atoms with Crippen LogP contribution in [0.5, 0.6) is 11.5 Å². The van der Waals surface area contributed by atoms with Crippen molar-refractivity contribution in [2.45, 2.75) is 12.5 Å². The van der Waals surface area contributed by atoms with E-state index in [0.717, 1.165) is 35.1 Å². The highest BCUT2D eigenvalue weighted by atomic mass is 16.7. The molecule has 0 N–H and O–H groups in total. The van der Waals surface area contributed by atoms with Crippen LogP contribution in [0, 0.1) is 0 Å². The van der Waals surface area contributed by atoms with E-state index in [1.165, 1.54) is 5.56 Å². The van der Waals surface area contributed by atoms with Crippen LogP contribution >= 0.6 is 0 Å². The molecule has 1 unspecified atom stereocenters. The van der Waals surface area contributed by atoms with Crippen LogP contribution in [0.3, 0.4) is 0 Å². The van der Waals surface area contributed by atoms with E-state index in [0.29, 0.717) is 0 Å². The summed E-state index contributed by atoms with van der Waals surface area (Å²) in [5.41, 5.74) is 3.33. The lowest BCUT2D eigenvalue weighted by atomic mass is 9.92. The molecule has 26 heavy (non-hydrogen) atoms. The lowest BCUT2D eigenvalue weighted by Crippen LogP contribution is -2.46. The maximum absolute atomic E-state index is 5.56. The Kier molecular flexibility index (Phi) is 3.60. The first-order valence-electron chi connectivity index (χ1n) is 8.75. The van der Waals surface area contributed by atoms with Crippen molar-refractivity contribution >= 4 is 17.2 Å². The predicted octanol–water partition coefficient (Wildman–Crippen LogP) is 5.10. The average molecular weight is 342 g/mol. The maximum atomic E-state index is 5.56. The summed E-state index contributed by atoms with van der Waals surface area (Å²) in [5, 5.41) is 0. The van der Waals surface area contributed by atoms with Crippen molar-refractivity contribution in [1.29, 1.82) is 0 Å². The lowest BCUT2D eigenvalue weighted by molar-refractivity contribution is 0.174. The Balaban J connectivity index is 1.54. The van der Waals surface area contributed by atoms with Crippen LogP contribution in [0.2, 0.25) is 0 Å². The second kappa shape index (κ2) is 6.23. The van der Waals surface area contributed by atoms with E-state index in [2.05, 4.69) is 35.2 Å². The van der Waals surface area contributed by atoms with Gasteiger partial charge in [0.15, 0.2) is 11.5 Å². The van der Waals surface area contributed by atoms with Gasteiger partial charge in [0.2, 0.25) is 6.79 Å². The number of hydrogen-bond acceptors (Lipinski definition) is 3. The van der Waals surface area contributed by atoms with Crippen LogP contribution in [0.25, 0.3) is 0 Å². The summed E-state index contributed by atoms with van der Waals surface area (Å²) in [4.78, 5) is 7.14. The number of benzene rings is 3. The molecule has 1 fully saturated rings. The molecular formula is C22H18N2O2. The van der Waals surface area contributed by atoms with Crippen molar-refractivity contribution in [3.05, 3.63) is 84.4 Å². The normalized spacial score (nSPS) is 19.5. The number of ether oxygens (including phenoxy) is 2. The Hall–Kier alpha value is -3.27. The third kappa shape index (κ3) is 2.60. The minimum absolute atomic E-state index is 0.277. The van der Waals surface area contributed by atoms with Gasteiger partial charge in [-0.2, -0.15) is 0 Å². The summed E-state index contributed by atoms with van der Waals surface area (Å²) in [7, 11) is 0. The molecule has 0 aliphatic carbocycles. The molecule has 2 aliphatic heterocycles. The molecule has 0 bridgehead atoms. The van der Waals surface area contributed by atoms with E-state index in [1.807, 2.05) is 48.5 Å². The van der Waals surface area contributed by atoms with Crippen molar-refractivity contribution in [2.75, 3.05) is 11.7 Å². The third-order valence-electron chi connectivity index (χ3n) is 4.80. The molecule has 1 atom stereocenters. The number of rotatable bonds is 3. The molecule has 5 rings (SSSR count). The zero-order chi connectivity index (χ0) is 17.3. The number of anilines is 1. The number of hydrogen-bond donors (Lipinski definition) is 0. The van der Waals surface area contributed by atoms with E-state index in [4.69, 9.17) is 14.5 Å². The summed E-state index contributed by atoms with van der Waals surface area (Å²) >= 11 is 0. The molecule has 0 amide bonds. The van der Waals surface area contributed by atoms with Gasteiger partial charge >= 0.3 is 0 Å². The fourth-order valence-electron chi connectivity index (χ4n) is 3.49. The van der Waals surface area contributed by atoms with Crippen LogP contribution in [0.1, 0.15) is 18.0 Å². The SMILES string of the molecule is c1ccc(/N=C2\CC(c3ccccc3)N2c2ccc3c(c2)OCO3)cc1. The molecular weight excluding hydrogens is 324 g/mol. The number of fused-ring (bicyclic) bond motifs is 1. The standard InChI is InChI=1S/C22H18N2O2/c1-3-7-16(8-4-1)19-14-22(23-17-9-5-2-6-10-17)24(19)18-11-12-20-21(13-18)26-15-25-20/h1-13,19H,14-15H2/b23-22+. The average Bonchev–Trinajstić information content (AvgIpc) is 3.14. The first kappa shape index (κ1) is 15.0. The molecule has 4 heteroatoms. The predicted molar refractivity (Wildman–Crippen MR) is 102 cm³/mol. The highest BCUT2D eigenvalue weighted by Crippen LogP contribution is 2.44. The molecule has 0 aromatic heterocycles. The van der Waals surface area contributed by atoms with E-state index < -0.39 is 0 Å². The zero-order valence-corrected chi connectivity index (χ0v) is 14.2. The van der Waals surface area contributed by atoms with Gasteiger partial charge in [0.25, 0.3) is 0 Å². The second-order valence-corrected chi connectivity index (χ2v) is 6.40. The highest BCUT2D eigenvalue weighted by Gasteiger charge is 2.37. The minimum Gasteiger partial charge on any atom is -0.454 e. The number of para-hydroxylation sites is 1.